The molecule has 1 aromatic heterocycles. The minimum Gasteiger partial charge on any atom is -0.351 e. The highest BCUT2D eigenvalue weighted by molar-refractivity contribution is 5.91. The monoisotopic (exact) mass is 211 g/mol. The largest absolute Gasteiger partial charge is 0.351 e. The van der Waals surface area contributed by atoms with Crippen molar-refractivity contribution < 1.29 is 9.32 Å². The van der Waals surface area contributed by atoms with Gasteiger partial charge in [-0.25, -0.2) is 0 Å². The van der Waals surface area contributed by atoms with Gasteiger partial charge in [-0.1, -0.05) is 19.0 Å². The summed E-state index contributed by atoms with van der Waals surface area (Å²) >= 11 is 0. The molecule has 0 spiro atoms. The van der Waals surface area contributed by atoms with Gasteiger partial charge in [0.1, 0.15) is 0 Å². The summed E-state index contributed by atoms with van der Waals surface area (Å²) in [6, 6.07) is 1.55. The van der Waals surface area contributed by atoms with E-state index in [0.29, 0.717) is 13.1 Å². The molecular weight excluding hydrogens is 194 g/mol. The summed E-state index contributed by atoms with van der Waals surface area (Å²) in [5, 5.41) is 3.50. The van der Waals surface area contributed by atoms with E-state index in [1.54, 1.807) is 18.0 Å². The first-order chi connectivity index (χ1) is 6.96. The Morgan fingerprint density at radius 3 is 2.80 bits per heavy atom. The maximum atomic E-state index is 11.8. The van der Waals surface area contributed by atoms with Gasteiger partial charge >= 0.3 is 0 Å². The number of amides is 1. The van der Waals surface area contributed by atoms with Crippen molar-refractivity contribution in [2.75, 3.05) is 20.1 Å². The van der Waals surface area contributed by atoms with Crippen LogP contribution in [-0.4, -0.2) is 36.1 Å². The van der Waals surface area contributed by atoms with Gasteiger partial charge in [0.05, 0.1) is 6.20 Å². The lowest BCUT2D eigenvalue weighted by molar-refractivity contribution is 0.0699. The summed E-state index contributed by atoms with van der Waals surface area (Å²) in [5.41, 5.74) is 5.51. The molecule has 0 radical (unpaired) electrons. The van der Waals surface area contributed by atoms with Crippen molar-refractivity contribution >= 4 is 5.91 Å². The lowest BCUT2D eigenvalue weighted by atomic mass is 9.93. The molecule has 0 saturated carbocycles. The SMILES string of the molecule is CN(CC(C)(C)CN)C(=O)c1ccno1. The molecule has 1 amide bonds. The average Bonchev–Trinajstić information content (AvgIpc) is 2.68. The van der Waals surface area contributed by atoms with Gasteiger partial charge in [0.2, 0.25) is 5.76 Å². The predicted octanol–water partition coefficient (Wildman–Crippen LogP) is 0.731. The zero-order valence-electron chi connectivity index (χ0n) is 9.36. The van der Waals surface area contributed by atoms with Gasteiger partial charge in [-0.15, -0.1) is 0 Å². The van der Waals surface area contributed by atoms with E-state index in [4.69, 9.17) is 10.3 Å². The molecule has 0 aliphatic rings. The Kier molecular flexibility index (Phi) is 3.47. The van der Waals surface area contributed by atoms with E-state index in [9.17, 15) is 4.79 Å². The van der Waals surface area contributed by atoms with Gasteiger partial charge in [0, 0.05) is 19.7 Å². The second kappa shape index (κ2) is 4.44. The third-order valence-electron chi connectivity index (χ3n) is 2.21. The normalized spacial score (nSPS) is 11.5. The third kappa shape index (κ3) is 3.06. The maximum Gasteiger partial charge on any atom is 0.292 e. The summed E-state index contributed by atoms with van der Waals surface area (Å²) < 4.78 is 4.79. The van der Waals surface area contributed by atoms with Gasteiger partial charge < -0.3 is 15.2 Å². The molecule has 0 aliphatic heterocycles. The van der Waals surface area contributed by atoms with Crippen LogP contribution in [0.1, 0.15) is 24.4 Å². The molecule has 1 heterocycles. The zero-order chi connectivity index (χ0) is 11.5. The van der Waals surface area contributed by atoms with Crippen molar-refractivity contribution in [2.45, 2.75) is 13.8 Å². The molecule has 1 aromatic rings. The second-order valence-corrected chi connectivity index (χ2v) is 4.41. The number of carbonyl (C=O) groups excluding carboxylic acids is 1. The molecule has 0 unspecified atom stereocenters. The molecule has 84 valence electrons. The molecule has 0 saturated heterocycles. The van der Waals surface area contributed by atoms with Crippen LogP contribution in [0.2, 0.25) is 0 Å². The summed E-state index contributed by atoms with van der Waals surface area (Å²) in [6.07, 6.45) is 1.45. The van der Waals surface area contributed by atoms with Crippen LogP contribution in [-0.2, 0) is 0 Å². The Hall–Kier alpha value is -1.36. The number of aromatic nitrogens is 1. The molecule has 5 nitrogen and oxygen atoms in total. The standard InChI is InChI=1S/C10H17N3O2/c1-10(2,6-11)7-13(3)9(14)8-4-5-12-15-8/h4-5H,6-7,11H2,1-3H3. The zero-order valence-corrected chi connectivity index (χ0v) is 9.36. The van der Waals surface area contributed by atoms with Gasteiger partial charge in [0.15, 0.2) is 0 Å². The molecule has 15 heavy (non-hydrogen) atoms. The minimum absolute atomic E-state index is 0.0928. The number of hydrogen-bond acceptors (Lipinski definition) is 4. The van der Waals surface area contributed by atoms with E-state index >= 15 is 0 Å². The van der Waals surface area contributed by atoms with Crippen molar-refractivity contribution in [2.24, 2.45) is 11.1 Å². The highest BCUT2D eigenvalue weighted by Gasteiger charge is 2.23. The highest BCUT2D eigenvalue weighted by atomic mass is 16.5. The van der Waals surface area contributed by atoms with E-state index in [1.165, 1.54) is 6.20 Å². The molecule has 2 N–H and O–H groups in total. The van der Waals surface area contributed by atoms with Crippen molar-refractivity contribution in [3.05, 3.63) is 18.0 Å². The Morgan fingerprint density at radius 2 is 2.33 bits per heavy atom. The fourth-order valence-corrected chi connectivity index (χ4v) is 1.29. The van der Waals surface area contributed by atoms with Crippen LogP contribution in [0.5, 0.6) is 0 Å². The highest BCUT2D eigenvalue weighted by Crippen LogP contribution is 2.15. The number of nitrogens with two attached hydrogens (primary N) is 1. The van der Waals surface area contributed by atoms with Crippen LogP contribution in [0.4, 0.5) is 0 Å². The van der Waals surface area contributed by atoms with Gasteiger partial charge in [-0.3, -0.25) is 4.79 Å². The molecule has 0 aliphatic carbocycles. The van der Waals surface area contributed by atoms with Crippen molar-refractivity contribution in [1.82, 2.24) is 10.1 Å². The number of nitrogens with zero attached hydrogens (tertiary/aromatic N) is 2. The van der Waals surface area contributed by atoms with Gasteiger partial charge in [-0.05, 0) is 12.0 Å². The smallest absolute Gasteiger partial charge is 0.292 e. The average molecular weight is 211 g/mol. The first-order valence-corrected chi connectivity index (χ1v) is 4.82. The molecule has 0 fully saturated rings. The molecule has 0 atom stereocenters. The molecule has 5 heteroatoms. The molecule has 0 aromatic carbocycles. The summed E-state index contributed by atoms with van der Waals surface area (Å²) in [4.78, 5) is 13.3. The Balaban J connectivity index is 2.62. The van der Waals surface area contributed by atoms with Crippen molar-refractivity contribution in [3.8, 4) is 0 Å². The van der Waals surface area contributed by atoms with Crippen LogP contribution in [0, 0.1) is 5.41 Å². The van der Waals surface area contributed by atoms with Crippen molar-refractivity contribution in [3.63, 3.8) is 0 Å². The van der Waals surface area contributed by atoms with Gasteiger partial charge in [-0.2, -0.15) is 0 Å². The quantitative estimate of drug-likeness (QED) is 0.797. The number of carbonyl (C=O) groups is 1. The number of hydrogen-bond donors (Lipinski definition) is 1. The van der Waals surface area contributed by atoms with Gasteiger partial charge in [0.25, 0.3) is 5.91 Å². The van der Waals surface area contributed by atoms with E-state index in [-0.39, 0.29) is 17.1 Å². The first kappa shape index (κ1) is 11.7. The molecule has 0 bridgehead atoms. The van der Waals surface area contributed by atoms with Crippen LogP contribution >= 0.6 is 0 Å². The second-order valence-electron chi connectivity index (χ2n) is 4.41. The lowest BCUT2D eigenvalue weighted by Crippen LogP contribution is -2.39. The maximum absolute atomic E-state index is 11.8. The predicted molar refractivity (Wildman–Crippen MR) is 56.3 cm³/mol. The number of rotatable bonds is 4. The first-order valence-electron chi connectivity index (χ1n) is 4.82. The Bertz CT molecular complexity index is 319. The Labute approximate surface area is 89.2 Å². The van der Waals surface area contributed by atoms with E-state index in [1.807, 2.05) is 13.8 Å². The summed E-state index contributed by atoms with van der Waals surface area (Å²) in [5.74, 6) is 0.0827. The van der Waals surface area contributed by atoms with E-state index in [2.05, 4.69) is 5.16 Å². The fourth-order valence-electron chi connectivity index (χ4n) is 1.29. The summed E-state index contributed by atoms with van der Waals surface area (Å²) in [6.45, 7) is 5.14. The van der Waals surface area contributed by atoms with Crippen LogP contribution in [0.3, 0.4) is 0 Å². The summed E-state index contributed by atoms with van der Waals surface area (Å²) in [7, 11) is 1.72. The van der Waals surface area contributed by atoms with Crippen LogP contribution in [0.25, 0.3) is 0 Å². The Morgan fingerprint density at radius 1 is 1.67 bits per heavy atom. The van der Waals surface area contributed by atoms with E-state index < -0.39 is 0 Å². The molecule has 1 rings (SSSR count). The van der Waals surface area contributed by atoms with Crippen molar-refractivity contribution in [1.29, 1.82) is 0 Å². The van der Waals surface area contributed by atoms with Crippen LogP contribution < -0.4 is 5.73 Å². The minimum atomic E-state index is -0.172. The fraction of sp³-hybridized carbons (Fsp3) is 0.600. The lowest BCUT2D eigenvalue weighted by Gasteiger charge is -2.28. The molecular formula is C10H17N3O2. The topological polar surface area (TPSA) is 72.4 Å². The van der Waals surface area contributed by atoms with Crippen LogP contribution in [0.15, 0.2) is 16.8 Å². The third-order valence-corrected chi connectivity index (χ3v) is 2.21. The van der Waals surface area contributed by atoms with E-state index in [0.717, 1.165) is 0 Å².